The summed E-state index contributed by atoms with van der Waals surface area (Å²) in [5.74, 6) is -0.967. The summed E-state index contributed by atoms with van der Waals surface area (Å²) >= 11 is 0. The monoisotopic (exact) mass is 347 g/mol. The maximum Gasteiger partial charge on any atom is 0.227 e. The summed E-state index contributed by atoms with van der Waals surface area (Å²) in [4.78, 5) is 14.2. The fraction of sp³-hybridized carbons (Fsp3) is 0.316. The number of hydrogen-bond acceptors (Lipinski definition) is 3. The van der Waals surface area contributed by atoms with Crippen molar-refractivity contribution in [3.63, 3.8) is 0 Å². The molecular formula is C19H19F2NO3. The van der Waals surface area contributed by atoms with Crippen molar-refractivity contribution in [2.24, 2.45) is 0 Å². The van der Waals surface area contributed by atoms with E-state index < -0.39 is 11.9 Å². The third-order valence-electron chi connectivity index (χ3n) is 4.43. The van der Waals surface area contributed by atoms with Crippen molar-refractivity contribution in [2.75, 3.05) is 13.7 Å². The molecule has 0 unspecified atom stereocenters. The number of nitrogens with zero attached hydrogens (tertiary/aromatic N) is 1. The Kier molecular flexibility index (Phi) is 4.99. The molecule has 1 fully saturated rings. The minimum Gasteiger partial charge on any atom is -0.494 e. The molecule has 1 aliphatic rings. The van der Waals surface area contributed by atoms with Crippen LogP contribution < -0.4 is 4.74 Å². The quantitative estimate of drug-likeness (QED) is 0.925. The smallest absolute Gasteiger partial charge is 0.227 e. The van der Waals surface area contributed by atoms with Gasteiger partial charge in [-0.1, -0.05) is 18.2 Å². The molecule has 0 aliphatic carbocycles. The first-order chi connectivity index (χ1) is 12.0. The predicted molar refractivity (Wildman–Crippen MR) is 88.1 cm³/mol. The number of methoxy groups -OCH3 is 1. The molecule has 0 radical (unpaired) electrons. The zero-order chi connectivity index (χ0) is 18.0. The second-order valence-electron chi connectivity index (χ2n) is 6.15. The molecule has 0 bridgehead atoms. The van der Waals surface area contributed by atoms with Gasteiger partial charge in [-0.15, -0.1) is 0 Å². The summed E-state index contributed by atoms with van der Waals surface area (Å²) in [6.45, 7) is 0.208. The van der Waals surface area contributed by atoms with Crippen LogP contribution in [0.3, 0.4) is 0 Å². The Hall–Kier alpha value is -2.47. The lowest BCUT2D eigenvalue weighted by Crippen LogP contribution is -2.33. The van der Waals surface area contributed by atoms with Crippen LogP contribution in [0.15, 0.2) is 42.5 Å². The molecule has 0 saturated carbocycles. The number of carbonyl (C=O) groups excluding carboxylic acids is 1. The Morgan fingerprint density at radius 3 is 2.60 bits per heavy atom. The number of aliphatic hydroxyl groups is 1. The summed E-state index contributed by atoms with van der Waals surface area (Å²) in [7, 11) is 1.38. The largest absolute Gasteiger partial charge is 0.494 e. The highest BCUT2D eigenvalue weighted by atomic mass is 19.1. The van der Waals surface area contributed by atoms with Crippen LogP contribution in [0.25, 0.3) is 0 Å². The van der Waals surface area contributed by atoms with Crippen molar-refractivity contribution < 1.29 is 23.4 Å². The van der Waals surface area contributed by atoms with Crippen LogP contribution in [0, 0.1) is 11.6 Å². The molecule has 1 heterocycles. The summed E-state index contributed by atoms with van der Waals surface area (Å²) in [5.41, 5.74) is 1.30. The zero-order valence-electron chi connectivity index (χ0n) is 13.8. The van der Waals surface area contributed by atoms with Gasteiger partial charge in [0.15, 0.2) is 11.6 Å². The number of hydrogen-bond donors (Lipinski definition) is 1. The molecular weight excluding hydrogens is 328 g/mol. The second-order valence-corrected chi connectivity index (χ2v) is 6.15. The molecule has 132 valence electrons. The van der Waals surface area contributed by atoms with Crippen molar-refractivity contribution in [3.05, 3.63) is 65.2 Å². The molecule has 2 aromatic carbocycles. The highest BCUT2D eigenvalue weighted by molar-refractivity contribution is 5.79. The molecule has 1 amide bonds. The normalized spacial score (nSPS) is 19.9. The van der Waals surface area contributed by atoms with Gasteiger partial charge in [-0.3, -0.25) is 4.79 Å². The third kappa shape index (κ3) is 3.79. The summed E-state index contributed by atoms with van der Waals surface area (Å²) in [6, 6.07) is 9.98. The van der Waals surface area contributed by atoms with E-state index >= 15 is 0 Å². The molecule has 3 rings (SSSR count). The Balaban J connectivity index is 1.77. The maximum atomic E-state index is 13.8. The van der Waals surface area contributed by atoms with Gasteiger partial charge in [-0.25, -0.2) is 8.78 Å². The number of likely N-dealkylation sites (tertiary alicyclic amines) is 1. The standard InChI is InChI=1S/C19H19F2NO3/c1-25-18-7-2-12(8-16(18)21)9-19(24)22-11-15(23)10-17(22)13-3-5-14(20)6-4-13/h2-8,15,17,23H,9-11H2,1H3/t15-,17-/m0/s1. The van der Waals surface area contributed by atoms with Gasteiger partial charge in [0.1, 0.15) is 5.82 Å². The van der Waals surface area contributed by atoms with Crippen molar-refractivity contribution in [1.29, 1.82) is 0 Å². The van der Waals surface area contributed by atoms with E-state index in [4.69, 9.17) is 4.74 Å². The first-order valence-electron chi connectivity index (χ1n) is 8.03. The lowest BCUT2D eigenvalue weighted by Gasteiger charge is -2.25. The first kappa shape index (κ1) is 17.4. The van der Waals surface area contributed by atoms with Crippen LogP contribution in [-0.2, 0) is 11.2 Å². The van der Waals surface area contributed by atoms with Crippen molar-refractivity contribution in [3.8, 4) is 5.75 Å². The average molecular weight is 347 g/mol. The minimum atomic E-state index is -0.633. The van der Waals surface area contributed by atoms with Crippen molar-refractivity contribution >= 4 is 5.91 Å². The molecule has 2 atom stereocenters. The number of ether oxygens (including phenoxy) is 1. The van der Waals surface area contributed by atoms with Gasteiger partial charge in [-0.05, 0) is 41.8 Å². The highest BCUT2D eigenvalue weighted by Gasteiger charge is 2.35. The highest BCUT2D eigenvalue weighted by Crippen LogP contribution is 2.33. The number of aliphatic hydroxyl groups excluding tert-OH is 1. The maximum absolute atomic E-state index is 13.8. The van der Waals surface area contributed by atoms with Gasteiger partial charge in [0.05, 0.1) is 25.7 Å². The molecule has 2 aromatic rings. The number of amides is 1. The van der Waals surface area contributed by atoms with Crippen LogP contribution >= 0.6 is 0 Å². The summed E-state index contributed by atoms with van der Waals surface area (Å²) in [6.07, 6.45) is -0.216. The number of benzene rings is 2. The van der Waals surface area contributed by atoms with Crippen LogP contribution in [0.4, 0.5) is 8.78 Å². The van der Waals surface area contributed by atoms with E-state index in [0.29, 0.717) is 12.0 Å². The number of halogens is 2. The SMILES string of the molecule is COc1ccc(CC(=O)N2C[C@@H](O)C[C@H]2c2ccc(F)cc2)cc1F. The molecule has 1 N–H and O–H groups in total. The Morgan fingerprint density at radius 2 is 1.96 bits per heavy atom. The molecule has 1 saturated heterocycles. The van der Waals surface area contributed by atoms with E-state index in [-0.39, 0.29) is 36.5 Å². The Labute approximate surface area is 144 Å². The van der Waals surface area contributed by atoms with E-state index in [1.54, 1.807) is 23.1 Å². The van der Waals surface area contributed by atoms with E-state index in [1.165, 1.54) is 31.4 Å². The van der Waals surface area contributed by atoms with E-state index in [2.05, 4.69) is 0 Å². The number of β-amino-alcohol motifs (C(OH)–C–C–N with tert-alkyl or cyclic N) is 1. The first-order valence-corrected chi connectivity index (χ1v) is 8.03. The predicted octanol–water partition coefficient (Wildman–Crippen LogP) is 2.85. The van der Waals surface area contributed by atoms with E-state index in [9.17, 15) is 18.7 Å². The Bertz CT molecular complexity index is 764. The summed E-state index contributed by atoms with van der Waals surface area (Å²) < 4.78 is 31.8. The van der Waals surface area contributed by atoms with Gasteiger partial charge in [0.25, 0.3) is 0 Å². The van der Waals surface area contributed by atoms with Crippen molar-refractivity contribution in [1.82, 2.24) is 4.90 Å². The Morgan fingerprint density at radius 1 is 1.24 bits per heavy atom. The van der Waals surface area contributed by atoms with Gasteiger partial charge >= 0.3 is 0 Å². The summed E-state index contributed by atoms with van der Waals surface area (Å²) in [5, 5.41) is 9.97. The molecule has 4 nitrogen and oxygen atoms in total. The lowest BCUT2D eigenvalue weighted by molar-refractivity contribution is -0.131. The minimum absolute atomic E-state index is 0.0192. The molecule has 6 heteroatoms. The molecule has 0 spiro atoms. The second kappa shape index (κ2) is 7.19. The molecule has 0 aromatic heterocycles. The van der Waals surface area contributed by atoms with Crippen LogP contribution in [0.2, 0.25) is 0 Å². The molecule has 1 aliphatic heterocycles. The van der Waals surface area contributed by atoms with Crippen molar-refractivity contribution in [2.45, 2.75) is 25.0 Å². The fourth-order valence-electron chi connectivity index (χ4n) is 3.19. The van der Waals surface area contributed by atoms with Crippen LogP contribution in [-0.4, -0.2) is 35.7 Å². The fourth-order valence-corrected chi connectivity index (χ4v) is 3.19. The third-order valence-corrected chi connectivity index (χ3v) is 4.43. The number of rotatable bonds is 4. The van der Waals surface area contributed by atoms with Gasteiger partial charge in [-0.2, -0.15) is 0 Å². The van der Waals surface area contributed by atoms with Gasteiger partial charge < -0.3 is 14.7 Å². The van der Waals surface area contributed by atoms with Gasteiger partial charge in [0, 0.05) is 6.54 Å². The topological polar surface area (TPSA) is 49.8 Å². The average Bonchev–Trinajstić information content (AvgIpc) is 2.98. The van der Waals surface area contributed by atoms with E-state index in [0.717, 1.165) is 5.56 Å². The van der Waals surface area contributed by atoms with Crippen LogP contribution in [0.5, 0.6) is 5.75 Å². The number of carbonyl (C=O) groups is 1. The molecule has 25 heavy (non-hydrogen) atoms. The van der Waals surface area contributed by atoms with E-state index in [1.807, 2.05) is 0 Å². The van der Waals surface area contributed by atoms with Crippen LogP contribution in [0.1, 0.15) is 23.6 Å². The zero-order valence-corrected chi connectivity index (χ0v) is 13.8. The van der Waals surface area contributed by atoms with Gasteiger partial charge in [0.2, 0.25) is 5.91 Å². The lowest BCUT2D eigenvalue weighted by atomic mass is 10.0.